The van der Waals surface area contributed by atoms with Gasteiger partial charge in [0.15, 0.2) is 0 Å². The summed E-state index contributed by atoms with van der Waals surface area (Å²) in [5.41, 5.74) is 2.87. The number of amides is 2. The molecule has 3 heterocycles. The van der Waals surface area contributed by atoms with Crippen LogP contribution < -0.4 is 5.32 Å². The lowest BCUT2D eigenvalue weighted by molar-refractivity contribution is 0.0790. The Balaban J connectivity index is 1.63. The second kappa shape index (κ2) is 6.83. The van der Waals surface area contributed by atoms with Crippen molar-refractivity contribution in [3.63, 3.8) is 0 Å². The van der Waals surface area contributed by atoms with E-state index in [0.717, 1.165) is 23.0 Å². The molecule has 0 aliphatic carbocycles. The van der Waals surface area contributed by atoms with Crippen LogP contribution in [0.5, 0.6) is 0 Å². The van der Waals surface area contributed by atoms with Crippen molar-refractivity contribution in [3.8, 4) is 0 Å². The number of rotatable bonds is 3. The normalized spacial score (nSPS) is 16.7. The maximum absolute atomic E-state index is 12.7. The molecule has 3 aromatic rings. The Kier molecular flexibility index (Phi) is 4.35. The minimum Gasteiger partial charge on any atom is -0.355 e. The van der Waals surface area contributed by atoms with Crippen LogP contribution in [-0.4, -0.2) is 51.6 Å². The van der Waals surface area contributed by atoms with Crippen LogP contribution in [-0.2, 0) is 7.05 Å². The van der Waals surface area contributed by atoms with E-state index in [1.165, 1.54) is 0 Å². The fourth-order valence-electron chi connectivity index (χ4n) is 3.63. The number of pyridine rings is 1. The van der Waals surface area contributed by atoms with Crippen LogP contribution in [0.25, 0.3) is 10.9 Å². The molecule has 138 valence electrons. The fourth-order valence-corrected chi connectivity index (χ4v) is 3.63. The molecule has 1 aromatic carbocycles. The van der Waals surface area contributed by atoms with Gasteiger partial charge in [-0.2, -0.15) is 5.10 Å². The molecule has 1 N–H and O–H groups in total. The SMILES string of the molecule is CNC(=O)c1cc([C@H]2CCN(C(=O)c3cnn(C)c3)C2)nc2ccccc12. The molecule has 1 saturated heterocycles. The second-order valence-corrected chi connectivity index (χ2v) is 6.83. The number of hydrogen-bond acceptors (Lipinski definition) is 4. The smallest absolute Gasteiger partial charge is 0.257 e. The Morgan fingerprint density at radius 3 is 2.81 bits per heavy atom. The predicted octanol–water partition coefficient (Wildman–Crippen LogP) is 1.96. The van der Waals surface area contributed by atoms with Crippen molar-refractivity contribution in [2.45, 2.75) is 12.3 Å². The van der Waals surface area contributed by atoms with Gasteiger partial charge < -0.3 is 10.2 Å². The lowest BCUT2D eigenvalue weighted by Crippen LogP contribution is -2.28. The van der Waals surface area contributed by atoms with Gasteiger partial charge in [0.25, 0.3) is 11.8 Å². The largest absolute Gasteiger partial charge is 0.355 e. The van der Waals surface area contributed by atoms with Crippen molar-refractivity contribution >= 4 is 22.7 Å². The molecule has 0 unspecified atom stereocenters. The minimum atomic E-state index is -0.129. The summed E-state index contributed by atoms with van der Waals surface area (Å²) >= 11 is 0. The monoisotopic (exact) mass is 363 g/mol. The topological polar surface area (TPSA) is 80.1 Å². The van der Waals surface area contributed by atoms with Crippen LogP contribution >= 0.6 is 0 Å². The molecule has 0 spiro atoms. The summed E-state index contributed by atoms with van der Waals surface area (Å²) in [6.07, 6.45) is 4.14. The molecule has 1 fully saturated rings. The van der Waals surface area contributed by atoms with Gasteiger partial charge in [-0.25, -0.2) is 0 Å². The van der Waals surface area contributed by atoms with E-state index in [-0.39, 0.29) is 17.7 Å². The standard InChI is InChI=1S/C20H21N5O2/c1-21-19(26)16-9-18(23-17-6-4-3-5-15(16)17)13-7-8-25(12-13)20(27)14-10-22-24(2)11-14/h3-6,9-11,13H,7-8,12H2,1-2H3,(H,21,26)/t13-/m0/s1. The van der Waals surface area contributed by atoms with Crippen LogP contribution in [0, 0.1) is 0 Å². The maximum Gasteiger partial charge on any atom is 0.257 e. The van der Waals surface area contributed by atoms with Crippen molar-refractivity contribution in [1.82, 2.24) is 25.0 Å². The van der Waals surface area contributed by atoms with Gasteiger partial charge in [0, 0.05) is 50.4 Å². The highest BCUT2D eigenvalue weighted by Gasteiger charge is 2.30. The molecular formula is C20H21N5O2. The van der Waals surface area contributed by atoms with E-state index >= 15 is 0 Å². The summed E-state index contributed by atoms with van der Waals surface area (Å²) < 4.78 is 1.63. The number of nitrogens with one attached hydrogen (secondary N) is 1. The molecule has 0 bridgehead atoms. The Labute approximate surface area is 157 Å². The molecule has 1 atom stereocenters. The first kappa shape index (κ1) is 17.2. The zero-order valence-corrected chi connectivity index (χ0v) is 15.3. The van der Waals surface area contributed by atoms with Crippen LogP contribution in [0.15, 0.2) is 42.7 Å². The molecule has 2 aromatic heterocycles. The third-order valence-corrected chi connectivity index (χ3v) is 5.05. The third kappa shape index (κ3) is 3.16. The minimum absolute atomic E-state index is 0.0158. The van der Waals surface area contributed by atoms with E-state index in [1.807, 2.05) is 35.2 Å². The lowest BCUT2D eigenvalue weighted by Gasteiger charge is -2.16. The number of carbonyl (C=O) groups excluding carboxylic acids is 2. The number of para-hydroxylation sites is 1. The highest BCUT2D eigenvalue weighted by molar-refractivity contribution is 6.06. The molecule has 1 aliphatic rings. The van der Waals surface area contributed by atoms with E-state index < -0.39 is 0 Å². The average molecular weight is 363 g/mol. The summed E-state index contributed by atoms with van der Waals surface area (Å²) in [5.74, 6) is -0.0345. The zero-order chi connectivity index (χ0) is 19.0. The van der Waals surface area contributed by atoms with Crippen molar-refractivity contribution in [1.29, 1.82) is 0 Å². The van der Waals surface area contributed by atoms with Crippen LogP contribution in [0.2, 0.25) is 0 Å². The van der Waals surface area contributed by atoms with Gasteiger partial charge >= 0.3 is 0 Å². The van der Waals surface area contributed by atoms with Crippen molar-refractivity contribution in [2.75, 3.05) is 20.1 Å². The number of nitrogens with zero attached hydrogens (tertiary/aromatic N) is 4. The Morgan fingerprint density at radius 1 is 1.26 bits per heavy atom. The van der Waals surface area contributed by atoms with Gasteiger partial charge in [-0.05, 0) is 18.6 Å². The number of carbonyl (C=O) groups is 2. The maximum atomic E-state index is 12.7. The number of aromatic nitrogens is 3. The highest BCUT2D eigenvalue weighted by atomic mass is 16.2. The molecule has 4 rings (SSSR count). The van der Waals surface area contributed by atoms with Crippen molar-refractivity contribution < 1.29 is 9.59 Å². The van der Waals surface area contributed by atoms with Crippen molar-refractivity contribution in [3.05, 3.63) is 59.5 Å². The first-order valence-electron chi connectivity index (χ1n) is 8.96. The summed E-state index contributed by atoms with van der Waals surface area (Å²) in [6.45, 7) is 1.26. The molecule has 2 amide bonds. The fraction of sp³-hybridized carbons (Fsp3) is 0.300. The van der Waals surface area contributed by atoms with Crippen molar-refractivity contribution in [2.24, 2.45) is 7.05 Å². The number of fused-ring (bicyclic) bond motifs is 1. The van der Waals surface area contributed by atoms with Gasteiger partial charge in [-0.15, -0.1) is 0 Å². The van der Waals surface area contributed by atoms with Gasteiger partial charge in [0.2, 0.25) is 0 Å². The number of hydrogen-bond donors (Lipinski definition) is 1. The lowest BCUT2D eigenvalue weighted by atomic mass is 9.99. The Morgan fingerprint density at radius 2 is 2.07 bits per heavy atom. The van der Waals surface area contributed by atoms with E-state index in [9.17, 15) is 9.59 Å². The Hall–Kier alpha value is -3.22. The summed E-state index contributed by atoms with van der Waals surface area (Å²) in [7, 11) is 3.42. The van der Waals surface area contributed by atoms with E-state index in [0.29, 0.717) is 24.2 Å². The third-order valence-electron chi connectivity index (χ3n) is 5.05. The van der Waals surface area contributed by atoms with E-state index in [4.69, 9.17) is 4.98 Å². The second-order valence-electron chi connectivity index (χ2n) is 6.83. The summed E-state index contributed by atoms with van der Waals surface area (Å²) in [5, 5.41) is 7.61. The van der Waals surface area contributed by atoms with Crippen LogP contribution in [0.3, 0.4) is 0 Å². The van der Waals surface area contributed by atoms with E-state index in [2.05, 4.69) is 10.4 Å². The van der Waals surface area contributed by atoms with Crippen LogP contribution in [0.4, 0.5) is 0 Å². The number of likely N-dealkylation sites (tertiary alicyclic amines) is 1. The quantitative estimate of drug-likeness (QED) is 0.771. The van der Waals surface area contributed by atoms with Crippen LogP contribution in [0.1, 0.15) is 38.7 Å². The number of aryl methyl sites for hydroxylation is 1. The molecule has 1 aliphatic heterocycles. The van der Waals surface area contributed by atoms with Gasteiger partial charge in [-0.3, -0.25) is 19.3 Å². The molecular weight excluding hydrogens is 342 g/mol. The molecule has 7 nitrogen and oxygen atoms in total. The molecule has 0 radical (unpaired) electrons. The Bertz CT molecular complexity index is 1030. The zero-order valence-electron chi connectivity index (χ0n) is 15.3. The van der Waals surface area contributed by atoms with E-state index in [1.54, 1.807) is 31.2 Å². The first-order chi connectivity index (χ1) is 13.1. The summed E-state index contributed by atoms with van der Waals surface area (Å²) in [4.78, 5) is 31.6. The van der Waals surface area contributed by atoms with Gasteiger partial charge in [-0.1, -0.05) is 18.2 Å². The average Bonchev–Trinajstić information content (AvgIpc) is 3.35. The summed E-state index contributed by atoms with van der Waals surface area (Å²) in [6, 6.07) is 9.51. The van der Waals surface area contributed by atoms with Gasteiger partial charge in [0.1, 0.15) is 0 Å². The highest BCUT2D eigenvalue weighted by Crippen LogP contribution is 2.30. The molecule has 27 heavy (non-hydrogen) atoms. The van der Waals surface area contributed by atoms with Gasteiger partial charge in [0.05, 0.1) is 22.8 Å². The first-order valence-corrected chi connectivity index (χ1v) is 8.96. The molecule has 0 saturated carbocycles. The predicted molar refractivity (Wildman–Crippen MR) is 102 cm³/mol. The number of benzene rings is 1. The molecule has 7 heteroatoms.